The van der Waals surface area contributed by atoms with Crippen LogP contribution in [-0.4, -0.2) is 36.4 Å². The first-order valence-electron chi connectivity index (χ1n) is 32.0. The zero-order valence-corrected chi connectivity index (χ0v) is 51.0. The molecule has 0 fully saturated rings. The predicted octanol–water partition coefficient (Wildman–Crippen LogP) is 22.4. The summed E-state index contributed by atoms with van der Waals surface area (Å²) in [6.45, 7) is 3.89. The maximum absolute atomic E-state index is 12.3. The second-order valence-corrected chi connectivity index (χ2v) is 20.4. The van der Waals surface area contributed by atoms with Gasteiger partial charge in [0, 0.05) is 12.8 Å². The van der Waals surface area contributed by atoms with Gasteiger partial charge < -0.3 is 14.6 Å². The van der Waals surface area contributed by atoms with Crippen LogP contribution in [0.15, 0.2) is 194 Å². The highest BCUT2D eigenvalue weighted by Gasteiger charge is 2.16. The Bertz CT molecular complexity index is 1870. The molecule has 1 atom stereocenters. The third-order valence-electron chi connectivity index (χ3n) is 12.9. The van der Waals surface area contributed by atoms with Crippen molar-refractivity contribution in [1.82, 2.24) is 0 Å². The lowest BCUT2D eigenvalue weighted by molar-refractivity contribution is -0.161. The summed E-state index contributed by atoms with van der Waals surface area (Å²) in [7, 11) is 0. The van der Waals surface area contributed by atoms with Crippen LogP contribution in [0.4, 0.5) is 0 Å². The van der Waals surface area contributed by atoms with E-state index in [1.54, 1.807) is 0 Å². The second kappa shape index (κ2) is 68.0. The molecule has 0 saturated carbocycles. The van der Waals surface area contributed by atoms with E-state index in [0.29, 0.717) is 12.8 Å². The van der Waals surface area contributed by atoms with Crippen LogP contribution in [-0.2, 0) is 19.1 Å². The van der Waals surface area contributed by atoms with Crippen LogP contribution < -0.4 is 0 Å². The molecule has 0 saturated heterocycles. The van der Waals surface area contributed by atoms with Crippen LogP contribution in [0, 0.1) is 0 Å². The van der Waals surface area contributed by atoms with E-state index in [-0.39, 0.29) is 25.2 Å². The summed E-state index contributed by atoms with van der Waals surface area (Å²) in [5.74, 6) is -0.623. The van der Waals surface area contributed by atoms with Crippen LogP contribution >= 0.6 is 0 Å². The molecule has 446 valence electrons. The standard InChI is InChI=1S/C75H116O5/c1-3-5-7-9-11-13-15-17-19-21-23-25-27-29-30-31-32-33-34-35-36-37-38-39-40-41-42-43-44-46-48-50-52-54-56-58-60-62-64-66-68-70-75(78)80-73(71-76)72-79-74(77)69-67-65-63-61-59-57-55-53-51-49-47-45-28-26-24-22-20-18-16-14-12-10-8-6-4-2/h5-8,11-14,17-20,23-26,29-30,32-33,35-36,38-39,41-42,44-47,50,52,73,76H,3-4,9-10,15-16,21-22,27-28,31,34,37,40,43,48-49,51,53-72H2,1-2H3/b7-5-,8-6-,13-11-,14-12-,19-17-,20-18-,25-23-,26-24-,30-29-,33-32-,36-35-,39-38-,42-41-,46-44-,47-45-,52-50-. The van der Waals surface area contributed by atoms with Crippen LogP contribution in [0.2, 0.25) is 0 Å². The fourth-order valence-corrected chi connectivity index (χ4v) is 8.17. The van der Waals surface area contributed by atoms with Crippen molar-refractivity contribution < 1.29 is 24.2 Å². The fraction of sp³-hybridized carbons (Fsp3) is 0.547. The van der Waals surface area contributed by atoms with Crippen molar-refractivity contribution in [3.63, 3.8) is 0 Å². The Labute approximate surface area is 492 Å². The van der Waals surface area contributed by atoms with Gasteiger partial charge in [0.1, 0.15) is 6.61 Å². The average molecular weight is 1100 g/mol. The molecule has 0 aliphatic heterocycles. The molecule has 0 spiro atoms. The van der Waals surface area contributed by atoms with Crippen LogP contribution in [0.25, 0.3) is 0 Å². The minimum atomic E-state index is -0.797. The van der Waals surface area contributed by atoms with E-state index in [1.165, 1.54) is 64.2 Å². The van der Waals surface area contributed by atoms with Gasteiger partial charge in [-0.3, -0.25) is 9.59 Å². The van der Waals surface area contributed by atoms with Crippen molar-refractivity contribution in [2.24, 2.45) is 0 Å². The van der Waals surface area contributed by atoms with E-state index in [1.807, 2.05) is 0 Å². The highest BCUT2D eigenvalue weighted by Crippen LogP contribution is 2.14. The summed E-state index contributed by atoms with van der Waals surface area (Å²) in [6.07, 6.45) is 108. The van der Waals surface area contributed by atoms with Gasteiger partial charge in [0.2, 0.25) is 0 Å². The molecule has 0 aliphatic carbocycles. The van der Waals surface area contributed by atoms with Crippen molar-refractivity contribution in [2.45, 2.75) is 251 Å². The van der Waals surface area contributed by atoms with E-state index in [2.05, 4.69) is 208 Å². The summed E-state index contributed by atoms with van der Waals surface area (Å²) >= 11 is 0. The summed E-state index contributed by atoms with van der Waals surface area (Å²) in [4.78, 5) is 24.6. The first kappa shape index (κ1) is 74.7. The molecule has 0 heterocycles. The monoisotopic (exact) mass is 1100 g/mol. The molecular formula is C75H116O5. The normalized spacial score (nSPS) is 13.6. The van der Waals surface area contributed by atoms with Gasteiger partial charge in [0.05, 0.1) is 6.61 Å². The van der Waals surface area contributed by atoms with Gasteiger partial charge >= 0.3 is 11.9 Å². The van der Waals surface area contributed by atoms with Crippen molar-refractivity contribution in [3.05, 3.63) is 194 Å². The van der Waals surface area contributed by atoms with Crippen LogP contribution in [0.5, 0.6) is 0 Å². The zero-order valence-electron chi connectivity index (χ0n) is 51.0. The molecule has 80 heavy (non-hydrogen) atoms. The number of carbonyl (C=O) groups is 2. The molecule has 1 N–H and O–H groups in total. The lowest BCUT2D eigenvalue weighted by Gasteiger charge is -2.15. The fourth-order valence-electron chi connectivity index (χ4n) is 8.17. The van der Waals surface area contributed by atoms with Crippen molar-refractivity contribution >= 4 is 11.9 Å². The van der Waals surface area contributed by atoms with Gasteiger partial charge in [-0.15, -0.1) is 0 Å². The number of carbonyl (C=O) groups excluding carboxylic acids is 2. The molecular weight excluding hydrogens is 981 g/mol. The van der Waals surface area contributed by atoms with Gasteiger partial charge in [-0.1, -0.05) is 285 Å². The summed E-state index contributed by atoms with van der Waals surface area (Å²) < 4.78 is 10.7. The highest BCUT2D eigenvalue weighted by atomic mass is 16.6. The number of aliphatic hydroxyl groups excluding tert-OH is 1. The number of hydrogen-bond donors (Lipinski definition) is 1. The Balaban J connectivity index is 3.64. The first-order chi connectivity index (χ1) is 39.6. The number of rotatable bonds is 56. The molecule has 0 bridgehead atoms. The SMILES string of the molecule is CC/C=C\C/C=C\C/C=C\C/C=C\C/C=C\C/C=C\C/C=C\C/C=C\C/C=C\C/C=C\C/C=C\CCCCCCCCCC(=O)OC(CO)COC(=O)CCCCCCCCCCC/C=C\C/C=C\C/C=C\C/C=C\C/C=C\CC. The molecule has 0 aromatic rings. The van der Waals surface area contributed by atoms with Crippen molar-refractivity contribution in [3.8, 4) is 0 Å². The Morgan fingerprint density at radius 1 is 0.287 bits per heavy atom. The average Bonchev–Trinajstić information content (AvgIpc) is 3.46. The Kier molecular flexibility index (Phi) is 63.5. The van der Waals surface area contributed by atoms with E-state index in [0.717, 1.165) is 154 Å². The van der Waals surface area contributed by atoms with E-state index in [4.69, 9.17) is 9.47 Å². The maximum atomic E-state index is 12.3. The third-order valence-corrected chi connectivity index (χ3v) is 12.9. The topological polar surface area (TPSA) is 72.8 Å². The van der Waals surface area contributed by atoms with Crippen molar-refractivity contribution in [2.75, 3.05) is 13.2 Å². The number of unbranched alkanes of at least 4 members (excludes halogenated alkanes) is 16. The minimum Gasteiger partial charge on any atom is -0.462 e. The molecule has 0 radical (unpaired) electrons. The number of hydrogen-bond acceptors (Lipinski definition) is 5. The Morgan fingerprint density at radius 3 is 0.750 bits per heavy atom. The van der Waals surface area contributed by atoms with E-state index < -0.39 is 6.10 Å². The molecule has 0 aromatic carbocycles. The largest absolute Gasteiger partial charge is 0.462 e. The van der Waals surface area contributed by atoms with Crippen molar-refractivity contribution in [1.29, 1.82) is 0 Å². The smallest absolute Gasteiger partial charge is 0.306 e. The number of ether oxygens (including phenoxy) is 2. The molecule has 0 rings (SSSR count). The van der Waals surface area contributed by atoms with Crippen LogP contribution in [0.1, 0.15) is 245 Å². The minimum absolute atomic E-state index is 0.0859. The first-order valence-corrected chi connectivity index (χ1v) is 32.0. The quantitative estimate of drug-likeness (QED) is 0.0373. The number of allylic oxidation sites excluding steroid dienone is 32. The van der Waals surface area contributed by atoms with Gasteiger partial charge in [0.25, 0.3) is 0 Å². The summed E-state index contributed by atoms with van der Waals surface area (Å²) in [5.41, 5.74) is 0. The highest BCUT2D eigenvalue weighted by molar-refractivity contribution is 5.70. The summed E-state index contributed by atoms with van der Waals surface area (Å²) in [6, 6.07) is 0. The van der Waals surface area contributed by atoms with Gasteiger partial charge in [0.15, 0.2) is 6.10 Å². The second-order valence-electron chi connectivity index (χ2n) is 20.4. The number of aliphatic hydroxyl groups is 1. The Morgan fingerprint density at radius 2 is 0.500 bits per heavy atom. The molecule has 0 amide bonds. The Hall–Kier alpha value is -5.26. The molecule has 5 heteroatoms. The lowest BCUT2D eigenvalue weighted by Crippen LogP contribution is -2.28. The van der Waals surface area contributed by atoms with E-state index >= 15 is 0 Å². The maximum Gasteiger partial charge on any atom is 0.306 e. The molecule has 5 nitrogen and oxygen atoms in total. The van der Waals surface area contributed by atoms with Gasteiger partial charge in [-0.05, 0) is 141 Å². The predicted molar refractivity (Wildman–Crippen MR) is 352 cm³/mol. The summed E-state index contributed by atoms with van der Waals surface area (Å²) in [5, 5.41) is 9.68. The molecule has 0 aliphatic rings. The van der Waals surface area contributed by atoms with Gasteiger partial charge in [-0.25, -0.2) is 0 Å². The van der Waals surface area contributed by atoms with Crippen LogP contribution in [0.3, 0.4) is 0 Å². The van der Waals surface area contributed by atoms with Gasteiger partial charge in [-0.2, -0.15) is 0 Å². The lowest BCUT2D eigenvalue weighted by atomic mass is 10.1. The number of esters is 2. The zero-order chi connectivity index (χ0) is 57.6. The van der Waals surface area contributed by atoms with E-state index in [9.17, 15) is 14.7 Å². The molecule has 1 unspecified atom stereocenters. The third kappa shape index (κ3) is 65.3. The molecule has 0 aromatic heterocycles.